The summed E-state index contributed by atoms with van der Waals surface area (Å²) in [6.07, 6.45) is 1.73. The molecule has 0 atom stereocenters. The Morgan fingerprint density at radius 1 is 1.23 bits per heavy atom. The number of carbonyl (C=O) groups is 3. The molecule has 9 nitrogen and oxygen atoms in total. The van der Waals surface area contributed by atoms with Crippen LogP contribution in [0, 0.1) is 0 Å². The van der Waals surface area contributed by atoms with E-state index in [4.69, 9.17) is 4.74 Å². The van der Waals surface area contributed by atoms with E-state index >= 15 is 0 Å². The summed E-state index contributed by atoms with van der Waals surface area (Å²) >= 11 is 1.25. The SMILES string of the molecule is CCOC(=O)CCNC(=O)CNC(=O)c1csc(Nc2ccccn2)n1. The van der Waals surface area contributed by atoms with Gasteiger partial charge in [-0.05, 0) is 19.1 Å². The van der Waals surface area contributed by atoms with E-state index in [2.05, 4.69) is 25.9 Å². The molecule has 3 N–H and O–H groups in total. The molecule has 26 heavy (non-hydrogen) atoms. The maximum atomic E-state index is 12.0. The van der Waals surface area contributed by atoms with Gasteiger partial charge in [0.25, 0.3) is 5.91 Å². The van der Waals surface area contributed by atoms with Crippen molar-refractivity contribution in [2.24, 2.45) is 0 Å². The highest BCUT2D eigenvalue weighted by molar-refractivity contribution is 7.14. The summed E-state index contributed by atoms with van der Waals surface area (Å²) < 4.78 is 4.75. The summed E-state index contributed by atoms with van der Waals surface area (Å²) in [5, 5.41) is 10.1. The van der Waals surface area contributed by atoms with E-state index < -0.39 is 11.8 Å². The van der Waals surface area contributed by atoms with Crippen LogP contribution in [-0.2, 0) is 14.3 Å². The highest BCUT2D eigenvalue weighted by Gasteiger charge is 2.12. The Kier molecular flexibility index (Phi) is 7.49. The first-order valence-corrected chi connectivity index (χ1v) is 8.80. The van der Waals surface area contributed by atoms with Crippen LogP contribution < -0.4 is 16.0 Å². The zero-order valence-electron chi connectivity index (χ0n) is 14.2. The first-order chi connectivity index (χ1) is 12.6. The van der Waals surface area contributed by atoms with Gasteiger partial charge in [0.15, 0.2) is 5.13 Å². The molecule has 2 aromatic rings. The smallest absolute Gasteiger partial charge is 0.307 e. The minimum absolute atomic E-state index is 0.0855. The highest BCUT2D eigenvalue weighted by atomic mass is 32.1. The van der Waals surface area contributed by atoms with Crippen LogP contribution in [0.2, 0.25) is 0 Å². The topological polar surface area (TPSA) is 122 Å². The van der Waals surface area contributed by atoms with E-state index in [0.717, 1.165) is 0 Å². The number of nitrogens with zero attached hydrogens (tertiary/aromatic N) is 2. The Morgan fingerprint density at radius 2 is 2.08 bits per heavy atom. The van der Waals surface area contributed by atoms with Crippen molar-refractivity contribution in [1.29, 1.82) is 0 Å². The molecule has 2 amide bonds. The van der Waals surface area contributed by atoms with Gasteiger partial charge in [0.05, 0.1) is 19.6 Å². The van der Waals surface area contributed by atoms with Crippen molar-refractivity contribution in [2.45, 2.75) is 13.3 Å². The van der Waals surface area contributed by atoms with Gasteiger partial charge in [0.1, 0.15) is 11.5 Å². The second kappa shape index (κ2) is 10.1. The molecule has 2 rings (SSSR count). The zero-order chi connectivity index (χ0) is 18.8. The standard InChI is InChI=1S/C16H19N5O4S/c1-2-25-14(23)6-8-18-13(22)9-19-15(24)11-10-26-16(20-11)21-12-5-3-4-7-17-12/h3-5,7,10H,2,6,8-9H2,1H3,(H,18,22)(H,19,24)(H,17,20,21). The lowest BCUT2D eigenvalue weighted by Gasteiger charge is -2.06. The summed E-state index contributed by atoms with van der Waals surface area (Å²) in [7, 11) is 0. The predicted molar refractivity (Wildman–Crippen MR) is 96.2 cm³/mol. The molecule has 138 valence electrons. The third-order valence-electron chi connectivity index (χ3n) is 3.00. The highest BCUT2D eigenvalue weighted by Crippen LogP contribution is 2.19. The van der Waals surface area contributed by atoms with Crippen LogP contribution in [0.1, 0.15) is 23.8 Å². The summed E-state index contributed by atoms with van der Waals surface area (Å²) in [5.41, 5.74) is 0.202. The monoisotopic (exact) mass is 377 g/mol. The summed E-state index contributed by atoms with van der Waals surface area (Å²) in [5.74, 6) is -0.623. The molecule has 0 aromatic carbocycles. The van der Waals surface area contributed by atoms with Crippen molar-refractivity contribution in [3.63, 3.8) is 0 Å². The second-order valence-electron chi connectivity index (χ2n) is 4.97. The number of hydrogen-bond acceptors (Lipinski definition) is 8. The van der Waals surface area contributed by atoms with E-state index in [1.165, 1.54) is 11.3 Å². The average Bonchev–Trinajstić information content (AvgIpc) is 3.09. The molecule has 0 unspecified atom stereocenters. The number of pyridine rings is 1. The number of rotatable bonds is 9. The van der Waals surface area contributed by atoms with Crippen molar-refractivity contribution in [3.8, 4) is 0 Å². The molecule has 0 aliphatic carbocycles. The van der Waals surface area contributed by atoms with Crippen molar-refractivity contribution in [1.82, 2.24) is 20.6 Å². The molecular weight excluding hydrogens is 358 g/mol. The van der Waals surface area contributed by atoms with Crippen LogP contribution in [-0.4, -0.2) is 47.4 Å². The van der Waals surface area contributed by atoms with E-state index in [9.17, 15) is 14.4 Å². The Labute approximate surface area is 154 Å². The molecule has 2 aromatic heterocycles. The van der Waals surface area contributed by atoms with Gasteiger partial charge >= 0.3 is 5.97 Å². The van der Waals surface area contributed by atoms with Gasteiger partial charge in [0, 0.05) is 18.1 Å². The van der Waals surface area contributed by atoms with Crippen LogP contribution in [0.3, 0.4) is 0 Å². The van der Waals surface area contributed by atoms with Gasteiger partial charge in [-0.25, -0.2) is 9.97 Å². The van der Waals surface area contributed by atoms with Gasteiger partial charge < -0.3 is 20.7 Å². The fourth-order valence-electron chi connectivity index (χ4n) is 1.83. The van der Waals surface area contributed by atoms with E-state index in [-0.39, 0.29) is 31.2 Å². The van der Waals surface area contributed by atoms with Crippen LogP contribution in [0.4, 0.5) is 10.9 Å². The van der Waals surface area contributed by atoms with Gasteiger partial charge in [-0.2, -0.15) is 0 Å². The first-order valence-electron chi connectivity index (χ1n) is 7.92. The number of hydrogen-bond donors (Lipinski definition) is 3. The lowest BCUT2D eigenvalue weighted by Crippen LogP contribution is -2.37. The first kappa shape index (κ1) is 19.3. The Hall–Kier alpha value is -3.01. The molecular formula is C16H19N5O4S. The molecule has 0 radical (unpaired) electrons. The molecule has 2 heterocycles. The van der Waals surface area contributed by atoms with Crippen LogP contribution >= 0.6 is 11.3 Å². The zero-order valence-corrected chi connectivity index (χ0v) is 15.0. The number of aromatic nitrogens is 2. The Morgan fingerprint density at radius 3 is 2.81 bits per heavy atom. The predicted octanol–water partition coefficient (Wildman–Crippen LogP) is 1.08. The van der Waals surface area contributed by atoms with Crippen molar-refractivity contribution >= 4 is 40.1 Å². The van der Waals surface area contributed by atoms with Gasteiger partial charge in [-0.1, -0.05) is 6.07 Å². The summed E-state index contributed by atoms with van der Waals surface area (Å²) in [4.78, 5) is 43.1. The maximum Gasteiger partial charge on any atom is 0.307 e. The number of carbonyl (C=O) groups excluding carboxylic acids is 3. The number of ether oxygens (including phenoxy) is 1. The van der Waals surface area contributed by atoms with Crippen molar-refractivity contribution in [3.05, 3.63) is 35.5 Å². The normalized spacial score (nSPS) is 10.0. The lowest BCUT2D eigenvalue weighted by atomic mass is 10.4. The largest absolute Gasteiger partial charge is 0.466 e. The Balaban J connectivity index is 1.72. The van der Waals surface area contributed by atoms with E-state index in [1.54, 1.807) is 30.6 Å². The summed E-state index contributed by atoms with van der Waals surface area (Å²) in [6, 6.07) is 5.41. The molecule has 0 spiro atoms. The second-order valence-corrected chi connectivity index (χ2v) is 5.82. The number of nitrogens with one attached hydrogen (secondary N) is 3. The fraction of sp³-hybridized carbons (Fsp3) is 0.312. The molecule has 0 aliphatic heterocycles. The Bertz CT molecular complexity index is 750. The van der Waals surface area contributed by atoms with Crippen molar-refractivity contribution < 1.29 is 19.1 Å². The molecule has 0 saturated carbocycles. The number of anilines is 2. The van der Waals surface area contributed by atoms with Crippen molar-refractivity contribution in [2.75, 3.05) is 25.0 Å². The van der Waals surface area contributed by atoms with Gasteiger partial charge in [0.2, 0.25) is 5.91 Å². The minimum atomic E-state index is -0.462. The molecule has 0 fully saturated rings. The number of amides is 2. The summed E-state index contributed by atoms with van der Waals surface area (Å²) in [6.45, 7) is 1.96. The third-order valence-corrected chi connectivity index (χ3v) is 3.76. The molecule has 0 bridgehead atoms. The molecule has 0 saturated heterocycles. The van der Waals surface area contributed by atoms with Crippen LogP contribution in [0.25, 0.3) is 0 Å². The average molecular weight is 377 g/mol. The van der Waals surface area contributed by atoms with Crippen LogP contribution in [0.15, 0.2) is 29.8 Å². The van der Waals surface area contributed by atoms with Crippen LogP contribution in [0.5, 0.6) is 0 Å². The van der Waals surface area contributed by atoms with Gasteiger partial charge in [-0.3, -0.25) is 14.4 Å². The minimum Gasteiger partial charge on any atom is -0.466 e. The number of thiazole rings is 1. The third kappa shape index (κ3) is 6.48. The fourth-order valence-corrected chi connectivity index (χ4v) is 2.53. The molecule has 0 aliphatic rings. The van der Waals surface area contributed by atoms with E-state index in [0.29, 0.717) is 17.6 Å². The lowest BCUT2D eigenvalue weighted by molar-refractivity contribution is -0.143. The quantitative estimate of drug-likeness (QED) is 0.559. The number of esters is 1. The maximum absolute atomic E-state index is 12.0. The molecule has 10 heteroatoms. The van der Waals surface area contributed by atoms with E-state index in [1.807, 2.05) is 6.07 Å². The van der Waals surface area contributed by atoms with Gasteiger partial charge in [-0.15, -0.1) is 11.3 Å².